The number of hydrogen-bond donors (Lipinski definition) is 1. The van der Waals surface area contributed by atoms with Crippen molar-refractivity contribution in [1.82, 2.24) is 10.2 Å². The Morgan fingerprint density at radius 2 is 2.19 bits per heavy atom. The second-order valence-corrected chi connectivity index (χ2v) is 3.81. The van der Waals surface area contributed by atoms with Gasteiger partial charge in [0.15, 0.2) is 0 Å². The highest BCUT2D eigenvalue weighted by Crippen LogP contribution is 2.17. The van der Waals surface area contributed by atoms with Gasteiger partial charge in [-0.1, -0.05) is 18.2 Å². The van der Waals surface area contributed by atoms with E-state index in [2.05, 4.69) is 5.32 Å². The first-order chi connectivity index (χ1) is 7.72. The first-order valence-electron chi connectivity index (χ1n) is 5.30. The van der Waals surface area contributed by atoms with E-state index in [1.165, 1.54) is 0 Å². The molecule has 0 aromatic heterocycles. The molecule has 84 valence electrons. The zero-order valence-corrected chi connectivity index (χ0v) is 9.19. The van der Waals surface area contributed by atoms with Crippen LogP contribution in [0.4, 0.5) is 0 Å². The van der Waals surface area contributed by atoms with Gasteiger partial charge in [-0.05, 0) is 18.1 Å². The Kier molecular flexibility index (Phi) is 2.90. The summed E-state index contributed by atoms with van der Waals surface area (Å²) in [5, 5.41) is 2.52. The highest BCUT2D eigenvalue weighted by molar-refractivity contribution is 5.98. The lowest BCUT2D eigenvalue weighted by Crippen LogP contribution is -2.43. The minimum absolute atomic E-state index is 0.0505. The number of carbonyl (C=O) groups excluding carboxylic acids is 2. The fourth-order valence-electron chi connectivity index (χ4n) is 1.88. The maximum atomic E-state index is 12.0. The zero-order chi connectivity index (χ0) is 11.5. The Hall–Kier alpha value is -1.84. The molecule has 0 saturated carbocycles. The molecule has 1 aliphatic heterocycles. The summed E-state index contributed by atoms with van der Waals surface area (Å²) in [6.07, 6.45) is 0.818. The summed E-state index contributed by atoms with van der Waals surface area (Å²) < 4.78 is 0. The second-order valence-electron chi connectivity index (χ2n) is 3.81. The zero-order valence-electron chi connectivity index (χ0n) is 9.19. The molecule has 0 bridgehead atoms. The summed E-state index contributed by atoms with van der Waals surface area (Å²) in [5.41, 5.74) is 1.79. The van der Waals surface area contributed by atoms with Crippen molar-refractivity contribution in [3.05, 3.63) is 35.4 Å². The van der Waals surface area contributed by atoms with Crippen LogP contribution in [0.2, 0.25) is 0 Å². The molecule has 1 aliphatic rings. The van der Waals surface area contributed by atoms with Crippen LogP contribution < -0.4 is 5.32 Å². The highest BCUT2D eigenvalue weighted by Gasteiger charge is 2.24. The molecule has 1 heterocycles. The van der Waals surface area contributed by atoms with Crippen LogP contribution in [0.1, 0.15) is 15.9 Å². The van der Waals surface area contributed by atoms with Gasteiger partial charge < -0.3 is 10.2 Å². The van der Waals surface area contributed by atoms with Crippen molar-refractivity contribution in [1.29, 1.82) is 0 Å². The van der Waals surface area contributed by atoms with E-state index in [1.807, 2.05) is 24.3 Å². The van der Waals surface area contributed by atoms with E-state index >= 15 is 0 Å². The number of likely N-dealkylation sites (N-methyl/N-ethyl adjacent to an activating group) is 1. The van der Waals surface area contributed by atoms with Crippen LogP contribution in [0, 0.1) is 0 Å². The summed E-state index contributed by atoms with van der Waals surface area (Å²) in [6.45, 7) is 0.757. The average Bonchev–Trinajstić information content (AvgIpc) is 2.33. The van der Waals surface area contributed by atoms with Crippen molar-refractivity contribution in [2.45, 2.75) is 6.42 Å². The number of fused-ring (bicyclic) bond motifs is 1. The van der Waals surface area contributed by atoms with Gasteiger partial charge in [-0.3, -0.25) is 9.59 Å². The van der Waals surface area contributed by atoms with Crippen LogP contribution in [0.25, 0.3) is 0 Å². The van der Waals surface area contributed by atoms with Gasteiger partial charge in [0.1, 0.15) is 0 Å². The van der Waals surface area contributed by atoms with Crippen molar-refractivity contribution in [2.75, 3.05) is 20.1 Å². The topological polar surface area (TPSA) is 49.4 Å². The third-order valence-corrected chi connectivity index (χ3v) is 2.80. The summed E-state index contributed by atoms with van der Waals surface area (Å²) in [7, 11) is 1.57. The van der Waals surface area contributed by atoms with E-state index in [-0.39, 0.29) is 18.4 Å². The first-order valence-corrected chi connectivity index (χ1v) is 5.30. The lowest BCUT2D eigenvalue weighted by Gasteiger charge is -2.27. The second kappa shape index (κ2) is 4.35. The Balaban J connectivity index is 2.18. The largest absolute Gasteiger partial charge is 0.358 e. The third kappa shape index (κ3) is 1.91. The van der Waals surface area contributed by atoms with E-state index in [9.17, 15) is 9.59 Å². The number of nitrogens with zero attached hydrogens (tertiary/aromatic N) is 1. The lowest BCUT2D eigenvalue weighted by atomic mass is 9.99. The van der Waals surface area contributed by atoms with Crippen molar-refractivity contribution >= 4 is 11.8 Å². The minimum Gasteiger partial charge on any atom is -0.358 e. The normalized spacial score (nSPS) is 14.6. The maximum Gasteiger partial charge on any atom is 0.254 e. The molecule has 1 aromatic carbocycles. The van der Waals surface area contributed by atoms with Crippen LogP contribution in [0.3, 0.4) is 0 Å². The molecule has 0 radical (unpaired) electrons. The quantitative estimate of drug-likeness (QED) is 0.782. The Labute approximate surface area is 94.2 Å². The van der Waals surface area contributed by atoms with Crippen molar-refractivity contribution in [2.24, 2.45) is 0 Å². The van der Waals surface area contributed by atoms with Gasteiger partial charge in [0.2, 0.25) is 5.91 Å². The molecule has 4 heteroatoms. The van der Waals surface area contributed by atoms with Gasteiger partial charge in [-0.15, -0.1) is 0 Å². The predicted octanol–water partition coefficient (Wildman–Crippen LogP) is 0.431. The molecule has 2 rings (SSSR count). The smallest absolute Gasteiger partial charge is 0.254 e. The standard InChI is InChI=1S/C12H14N2O2/c1-13-11(15)8-14-7-6-9-4-2-3-5-10(9)12(14)16/h2-5H,6-8H2,1H3,(H,13,15). The number of amides is 2. The molecule has 0 atom stereocenters. The highest BCUT2D eigenvalue weighted by atomic mass is 16.2. The number of carbonyl (C=O) groups is 2. The van der Waals surface area contributed by atoms with Gasteiger partial charge in [0, 0.05) is 19.2 Å². The number of benzene rings is 1. The molecule has 4 nitrogen and oxygen atoms in total. The summed E-state index contributed by atoms with van der Waals surface area (Å²) in [4.78, 5) is 24.8. The van der Waals surface area contributed by atoms with Gasteiger partial charge in [-0.25, -0.2) is 0 Å². The van der Waals surface area contributed by atoms with Crippen LogP contribution in [0.15, 0.2) is 24.3 Å². The Morgan fingerprint density at radius 1 is 1.44 bits per heavy atom. The molecular formula is C12H14N2O2. The van der Waals surface area contributed by atoms with Gasteiger partial charge >= 0.3 is 0 Å². The van der Waals surface area contributed by atoms with E-state index in [1.54, 1.807) is 11.9 Å². The minimum atomic E-state index is -0.132. The van der Waals surface area contributed by atoms with Crippen molar-refractivity contribution < 1.29 is 9.59 Å². The number of rotatable bonds is 2. The fourth-order valence-corrected chi connectivity index (χ4v) is 1.88. The molecule has 0 spiro atoms. The van der Waals surface area contributed by atoms with Crippen LogP contribution in [-0.2, 0) is 11.2 Å². The summed E-state index contributed by atoms with van der Waals surface area (Å²) >= 11 is 0. The van der Waals surface area contributed by atoms with Crippen LogP contribution in [0.5, 0.6) is 0 Å². The monoisotopic (exact) mass is 218 g/mol. The van der Waals surface area contributed by atoms with Gasteiger partial charge in [0.25, 0.3) is 5.91 Å². The summed E-state index contributed by atoms with van der Waals surface area (Å²) in [6, 6.07) is 7.55. The molecule has 1 N–H and O–H groups in total. The maximum absolute atomic E-state index is 12.0. The number of nitrogens with one attached hydrogen (secondary N) is 1. The first kappa shape index (κ1) is 10.7. The van der Waals surface area contributed by atoms with Crippen LogP contribution in [-0.4, -0.2) is 36.9 Å². The van der Waals surface area contributed by atoms with E-state index in [0.717, 1.165) is 17.5 Å². The lowest BCUT2D eigenvalue weighted by molar-refractivity contribution is -0.121. The summed E-state index contributed by atoms with van der Waals surface area (Å²) in [5.74, 6) is -0.182. The molecule has 0 saturated heterocycles. The third-order valence-electron chi connectivity index (χ3n) is 2.80. The Morgan fingerprint density at radius 3 is 2.94 bits per heavy atom. The molecule has 1 aromatic rings. The fraction of sp³-hybridized carbons (Fsp3) is 0.333. The van der Waals surface area contributed by atoms with Gasteiger partial charge in [0.05, 0.1) is 6.54 Å². The molecule has 16 heavy (non-hydrogen) atoms. The van der Waals surface area contributed by atoms with E-state index < -0.39 is 0 Å². The van der Waals surface area contributed by atoms with E-state index in [0.29, 0.717) is 6.54 Å². The molecular weight excluding hydrogens is 204 g/mol. The van der Waals surface area contributed by atoms with Crippen molar-refractivity contribution in [3.8, 4) is 0 Å². The average molecular weight is 218 g/mol. The molecule has 0 unspecified atom stereocenters. The Bertz CT molecular complexity index is 429. The SMILES string of the molecule is CNC(=O)CN1CCc2ccccc2C1=O. The molecule has 0 fully saturated rings. The molecule has 0 aliphatic carbocycles. The number of hydrogen-bond acceptors (Lipinski definition) is 2. The van der Waals surface area contributed by atoms with Crippen molar-refractivity contribution in [3.63, 3.8) is 0 Å². The van der Waals surface area contributed by atoms with Gasteiger partial charge in [-0.2, -0.15) is 0 Å². The predicted molar refractivity (Wildman–Crippen MR) is 60.1 cm³/mol. The van der Waals surface area contributed by atoms with Crippen LogP contribution >= 0.6 is 0 Å². The van der Waals surface area contributed by atoms with E-state index in [4.69, 9.17) is 0 Å². The molecule has 2 amide bonds.